The Morgan fingerprint density at radius 2 is 1.89 bits per heavy atom. The maximum atomic E-state index is 12.5. The second kappa shape index (κ2) is 7.24. The number of primary amides is 1. The van der Waals surface area contributed by atoms with Crippen molar-refractivity contribution in [3.8, 4) is 11.3 Å². The van der Waals surface area contributed by atoms with Gasteiger partial charge in [0.25, 0.3) is 11.1 Å². The topological polar surface area (TPSA) is 107 Å². The highest BCUT2D eigenvalue weighted by atomic mass is 32.2. The van der Waals surface area contributed by atoms with Crippen LogP contribution in [-0.2, 0) is 11.3 Å². The van der Waals surface area contributed by atoms with Gasteiger partial charge in [0.1, 0.15) is 17.3 Å². The summed E-state index contributed by atoms with van der Waals surface area (Å²) in [7, 11) is 0. The first-order valence-corrected chi connectivity index (χ1v) is 9.11. The zero-order valence-electron chi connectivity index (χ0n) is 14.5. The Labute approximate surface area is 163 Å². The molecule has 1 aliphatic rings. The van der Waals surface area contributed by atoms with Crippen LogP contribution in [0.4, 0.5) is 4.79 Å². The first-order valence-electron chi connectivity index (χ1n) is 8.29. The monoisotopic (exact) mass is 394 g/mol. The van der Waals surface area contributed by atoms with Crippen molar-refractivity contribution >= 4 is 34.9 Å². The third-order valence-electron chi connectivity index (χ3n) is 4.12. The van der Waals surface area contributed by atoms with Gasteiger partial charge < -0.3 is 14.6 Å². The number of hydrogen-bond acceptors (Lipinski definition) is 6. The number of imide groups is 1. The average molecular weight is 394 g/mol. The molecule has 140 valence electrons. The second-order valence-electron chi connectivity index (χ2n) is 5.99. The lowest BCUT2D eigenvalue weighted by molar-refractivity contribution is -0.123. The van der Waals surface area contributed by atoms with Crippen molar-refractivity contribution in [2.75, 3.05) is 0 Å². The molecule has 0 unspecified atom stereocenters. The number of nitrogens with zero attached hydrogens (tertiary/aromatic N) is 1. The van der Waals surface area contributed by atoms with E-state index in [4.69, 9.17) is 14.6 Å². The molecule has 0 atom stereocenters. The number of amides is 3. The van der Waals surface area contributed by atoms with Crippen LogP contribution in [0, 0.1) is 0 Å². The van der Waals surface area contributed by atoms with E-state index in [0.717, 1.165) is 22.2 Å². The van der Waals surface area contributed by atoms with E-state index in [0.29, 0.717) is 22.8 Å². The van der Waals surface area contributed by atoms with Gasteiger partial charge in [-0.3, -0.25) is 19.3 Å². The highest BCUT2D eigenvalue weighted by molar-refractivity contribution is 8.18. The highest BCUT2D eigenvalue weighted by Gasteiger charge is 2.35. The number of carbonyl (C=O) groups is 3. The normalized spacial score (nSPS) is 15.6. The molecule has 3 aromatic rings. The predicted molar refractivity (Wildman–Crippen MR) is 103 cm³/mol. The maximum Gasteiger partial charge on any atom is 0.293 e. The van der Waals surface area contributed by atoms with Gasteiger partial charge in [0, 0.05) is 17.2 Å². The third kappa shape index (κ3) is 3.49. The second-order valence-corrected chi connectivity index (χ2v) is 6.98. The molecular formula is C20H14N2O5S. The Balaban J connectivity index is 1.52. The number of carbonyl (C=O) groups excluding carboxylic acids is 3. The van der Waals surface area contributed by atoms with Crippen LogP contribution in [0.15, 0.2) is 68.5 Å². The highest BCUT2D eigenvalue weighted by Crippen LogP contribution is 2.34. The van der Waals surface area contributed by atoms with Crippen LogP contribution < -0.4 is 5.73 Å². The molecule has 3 heterocycles. The van der Waals surface area contributed by atoms with Crippen LogP contribution in [0.25, 0.3) is 17.4 Å². The summed E-state index contributed by atoms with van der Waals surface area (Å²) in [5.74, 6) is 0.643. The van der Waals surface area contributed by atoms with E-state index in [9.17, 15) is 14.4 Å². The number of benzene rings is 1. The van der Waals surface area contributed by atoms with Gasteiger partial charge in [0.05, 0.1) is 17.7 Å². The van der Waals surface area contributed by atoms with E-state index in [-0.39, 0.29) is 16.7 Å². The number of furan rings is 2. The lowest BCUT2D eigenvalue weighted by Gasteiger charge is -2.09. The molecule has 8 heteroatoms. The molecule has 0 radical (unpaired) electrons. The standard InChI is InChI=1S/C20H14N2O5S/c21-18(23)13-5-3-12(4-6-13)16-8-7-14(27-16)10-17-19(24)22(20(25)28-17)11-15-2-1-9-26-15/h1-10H,11H2,(H2,21,23). The van der Waals surface area contributed by atoms with Crippen LogP contribution in [0.2, 0.25) is 0 Å². The van der Waals surface area contributed by atoms with Crippen LogP contribution in [0.3, 0.4) is 0 Å². The molecule has 1 fully saturated rings. The molecule has 3 amide bonds. The smallest absolute Gasteiger partial charge is 0.293 e. The molecule has 1 saturated heterocycles. The van der Waals surface area contributed by atoms with Crippen LogP contribution in [0.5, 0.6) is 0 Å². The van der Waals surface area contributed by atoms with Gasteiger partial charge in [0.15, 0.2) is 0 Å². The minimum atomic E-state index is -0.503. The van der Waals surface area contributed by atoms with Gasteiger partial charge in [-0.1, -0.05) is 12.1 Å². The molecule has 7 nitrogen and oxygen atoms in total. The molecule has 0 spiro atoms. The van der Waals surface area contributed by atoms with Gasteiger partial charge in [-0.05, 0) is 48.2 Å². The maximum absolute atomic E-state index is 12.5. The molecule has 28 heavy (non-hydrogen) atoms. The third-order valence-corrected chi connectivity index (χ3v) is 5.03. The summed E-state index contributed by atoms with van der Waals surface area (Å²) in [5, 5.41) is -0.360. The Morgan fingerprint density at radius 1 is 1.11 bits per heavy atom. The molecule has 1 aliphatic heterocycles. The Bertz CT molecular complexity index is 1080. The molecule has 1 aromatic carbocycles. The molecule has 0 aliphatic carbocycles. The molecule has 2 aromatic heterocycles. The van der Waals surface area contributed by atoms with Crippen LogP contribution >= 0.6 is 11.8 Å². The molecule has 0 saturated carbocycles. The number of hydrogen-bond donors (Lipinski definition) is 1. The average Bonchev–Trinajstić information content (AvgIpc) is 3.41. The lowest BCUT2D eigenvalue weighted by atomic mass is 10.1. The van der Waals surface area contributed by atoms with Gasteiger partial charge in [0.2, 0.25) is 5.91 Å². The summed E-state index contributed by atoms with van der Waals surface area (Å²) in [6.45, 7) is 0.0879. The van der Waals surface area contributed by atoms with E-state index in [1.54, 1.807) is 48.5 Å². The van der Waals surface area contributed by atoms with Crippen LogP contribution in [0.1, 0.15) is 21.9 Å². The zero-order chi connectivity index (χ0) is 19.7. The van der Waals surface area contributed by atoms with Crippen molar-refractivity contribution in [3.63, 3.8) is 0 Å². The summed E-state index contributed by atoms with van der Waals surface area (Å²) in [6.07, 6.45) is 3.03. The summed E-state index contributed by atoms with van der Waals surface area (Å²) < 4.78 is 10.9. The van der Waals surface area contributed by atoms with Crippen molar-refractivity contribution in [3.05, 3.63) is 76.8 Å². The van der Waals surface area contributed by atoms with Gasteiger partial charge >= 0.3 is 0 Å². The Kier molecular flexibility index (Phi) is 4.62. The molecule has 2 N–H and O–H groups in total. The van der Waals surface area contributed by atoms with Crippen LogP contribution in [-0.4, -0.2) is 22.0 Å². The number of nitrogens with two attached hydrogens (primary N) is 1. The van der Waals surface area contributed by atoms with Crippen molar-refractivity contribution in [2.45, 2.75) is 6.54 Å². The van der Waals surface area contributed by atoms with Crippen molar-refractivity contribution in [1.29, 1.82) is 0 Å². The fraction of sp³-hybridized carbons (Fsp3) is 0.0500. The molecule has 0 bridgehead atoms. The van der Waals surface area contributed by atoms with E-state index in [1.165, 1.54) is 12.3 Å². The minimum absolute atomic E-state index is 0.0879. The fourth-order valence-electron chi connectivity index (χ4n) is 2.71. The first-order chi connectivity index (χ1) is 13.5. The first kappa shape index (κ1) is 17.9. The van der Waals surface area contributed by atoms with E-state index < -0.39 is 11.8 Å². The van der Waals surface area contributed by atoms with Gasteiger partial charge in [-0.25, -0.2) is 0 Å². The van der Waals surface area contributed by atoms with Crippen molar-refractivity contribution in [1.82, 2.24) is 4.90 Å². The van der Waals surface area contributed by atoms with Crippen molar-refractivity contribution in [2.24, 2.45) is 5.73 Å². The zero-order valence-corrected chi connectivity index (χ0v) is 15.3. The van der Waals surface area contributed by atoms with E-state index in [2.05, 4.69) is 0 Å². The molecule has 4 rings (SSSR count). The van der Waals surface area contributed by atoms with E-state index in [1.807, 2.05) is 0 Å². The quantitative estimate of drug-likeness (QED) is 0.658. The minimum Gasteiger partial charge on any atom is -0.467 e. The summed E-state index contributed by atoms with van der Waals surface area (Å²) in [5.41, 5.74) is 6.40. The predicted octanol–water partition coefficient (Wildman–Crippen LogP) is 3.88. The van der Waals surface area contributed by atoms with E-state index >= 15 is 0 Å². The number of thioether (sulfide) groups is 1. The summed E-state index contributed by atoms with van der Waals surface area (Å²) in [4.78, 5) is 37.2. The number of rotatable bonds is 5. The van der Waals surface area contributed by atoms with Gasteiger partial charge in [-0.15, -0.1) is 0 Å². The Morgan fingerprint density at radius 3 is 2.57 bits per heavy atom. The largest absolute Gasteiger partial charge is 0.467 e. The summed E-state index contributed by atoms with van der Waals surface area (Å²) >= 11 is 0.854. The summed E-state index contributed by atoms with van der Waals surface area (Å²) in [6, 6.07) is 13.5. The SMILES string of the molecule is NC(=O)c1ccc(-c2ccc(C=C3SC(=O)N(Cc4ccco4)C3=O)o2)cc1. The van der Waals surface area contributed by atoms with Gasteiger partial charge in [-0.2, -0.15) is 0 Å². The molecular weight excluding hydrogens is 380 g/mol. The lowest BCUT2D eigenvalue weighted by Crippen LogP contribution is -2.27. The fourth-order valence-corrected chi connectivity index (χ4v) is 3.53. The Hall–Kier alpha value is -3.52. The van der Waals surface area contributed by atoms with Crippen molar-refractivity contribution < 1.29 is 23.2 Å².